The predicted molar refractivity (Wildman–Crippen MR) is 83.9 cm³/mol. The van der Waals surface area contributed by atoms with E-state index in [1.54, 1.807) is 0 Å². The van der Waals surface area contributed by atoms with E-state index in [0.717, 1.165) is 41.9 Å². The van der Waals surface area contributed by atoms with Gasteiger partial charge in [-0.25, -0.2) is 0 Å². The number of carboxylic acid groups (broad SMARTS) is 1. The van der Waals surface area contributed by atoms with Gasteiger partial charge in [0, 0.05) is 12.0 Å². The van der Waals surface area contributed by atoms with Gasteiger partial charge in [-0.05, 0) is 42.2 Å². The van der Waals surface area contributed by atoms with Crippen LogP contribution in [0.4, 0.5) is 0 Å². The molecule has 0 radical (unpaired) electrons. The van der Waals surface area contributed by atoms with Gasteiger partial charge in [0.2, 0.25) is 0 Å². The Balaban J connectivity index is 2.06. The summed E-state index contributed by atoms with van der Waals surface area (Å²) in [5.41, 5.74) is 2.28. The SMILES string of the molecule is CC(C)c1c(C(CC(=O)O)C2CC2)ccc2c1OCCCO2. The number of hydrogen-bond donors (Lipinski definition) is 1. The van der Waals surface area contributed by atoms with E-state index in [2.05, 4.69) is 19.9 Å². The zero-order valence-corrected chi connectivity index (χ0v) is 13.3. The summed E-state index contributed by atoms with van der Waals surface area (Å²) in [6.07, 6.45) is 3.33. The number of aliphatic carboxylic acids is 1. The van der Waals surface area contributed by atoms with Gasteiger partial charge in [-0.3, -0.25) is 4.79 Å². The van der Waals surface area contributed by atoms with E-state index in [1.165, 1.54) is 0 Å². The van der Waals surface area contributed by atoms with E-state index in [0.29, 0.717) is 19.1 Å². The molecule has 1 aliphatic carbocycles. The van der Waals surface area contributed by atoms with Gasteiger partial charge in [-0.2, -0.15) is 0 Å². The van der Waals surface area contributed by atoms with Crippen LogP contribution in [0.2, 0.25) is 0 Å². The number of carboxylic acids is 1. The molecule has 4 heteroatoms. The molecule has 1 aromatic carbocycles. The maximum atomic E-state index is 11.3. The lowest BCUT2D eigenvalue weighted by Crippen LogP contribution is -2.13. The van der Waals surface area contributed by atoms with E-state index >= 15 is 0 Å². The Morgan fingerprint density at radius 1 is 1.27 bits per heavy atom. The Morgan fingerprint density at radius 2 is 2.00 bits per heavy atom. The lowest BCUT2D eigenvalue weighted by molar-refractivity contribution is -0.137. The molecule has 120 valence electrons. The number of hydrogen-bond acceptors (Lipinski definition) is 3. The fourth-order valence-corrected chi connectivity index (χ4v) is 3.41. The van der Waals surface area contributed by atoms with Crippen LogP contribution in [-0.2, 0) is 4.79 Å². The fourth-order valence-electron chi connectivity index (χ4n) is 3.41. The van der Waals surface area contributed by atoms with Crippen LogP contribution in [0, 0.1) is 5.92 Å². The zero-order valence-electron chi connectivity index (χ0n) is 13.3. The number of fused-ring (bicyclic) bond motifs is 1. The first-order chi connectivity index (χ1) is 10.6. The van der Waals surface area contributed by atoms with Crippen molar-refractivity contribution in [2.45, 2.75) is 51.4 Å². The summed E-state index contributed by atoms with van der Waals surface area (Å²) in [5, 5.41) is 9.28. The van der Waals surface area contributed by atoms with E-state index < -0.39 is 5.97 Å². The second-order valence-electron chi connectivity index (χ2n) is 6.64. The van der Waals surface area contributed by atoms with Gasteiger partial charge in [0.25, 0.3) is 0 Å². The van der Waals surface area contributed by atoms with Gasteiger partial charge in [0.15, 0.2) is 11.5 Å². The van der Waals surface area contributed by atoms with Crippen LogP contribution in [-0.4, -0.2) is 24.3 Å². The van der Waals surface area contributed by atoms with Gasteiger partial charge >= 0.3 is 5.97 Å². The maximum absolute atomic E-state index is 11.3. The molecule has 1 unspecified atom stereocenters. The van der Waals surface area contributed by atoms with Gasteiger partial charge in [0.1, 0.15) is 0 Å². The van der Waals surface area contributed by atoms with Crippen LogP contribution >= 0.6 is 0 Å². The molecule has 3 rings (SSSR count). The maximum Gasteiger partial charge on any atom is 0.303 e. The molecule has 2 aliphatic rings. The van der Waals surface area contributed by atoms with Crippen LogP contribution in [0.3, 0.4) is 0 Å². The summed E-state index contributed by atoms with van der Waals surface area (Å²) in [6, 6.07) is 4.02. The van der Waals surface area contributed by atoms with Gasteiger partial charge < -0.3 is 14.6 Å². The molecule has 4 nitrogen and oxygen atoms in total. The lowest BCUT2D eigenvalue weighted by Gasteiger charge is -2.24. The van der Waals surface area contributed by atoms with E-state index in [4.69, 9.17) is 9.47 Å². The highest BCUT2D eigenvalue weighted by atomic mass is 16.5. The van der Waals surface area contributed by atoms with Crippen LogP contribution in [0.1, 0.15) is 62.5 Å². The molecule has 0 spiro atoms. The molecule has 1 heterocycles. The van der Waals surface area contributed by atoms with Crippen molar-refractivity contribution in [2.75, 3.05) is 13.2 Å². The van der Waals surface area contributed by atoms with Crippen molar-refractivity contribution in [2.24, 2.45) is 5.92 Å². The van der Waals surface area contributed by atoms with E-state index in [-0.39, 0.29) is 18.3 Å². The molecule has 0 amide bonds. The number of rotatable bonds is 5. The summed E-state index contributed by atoms with van der Waals surface area (Å²) >= 11 is 0. The van der Waals surface area contributed by atoms with E-state index in [9.17, 15) is 9.90 Å². The van der Waals surface area contributed by atoms with Crippen LogP contribution in [0.15, 0.2) is 12.1 Å². The first kappa shape index (κ1) is 15.2. The first-order valence-electron chi connectivity index (χ1n) is 8.22. The average molecular weight is 304 g/mol. The highest BCUT2D eigenvalue weighted by Crippen LogP contribution is 2.50. The topological polar surface area (TPSA) is 55.8 Å². The smallest absolute Gasteiger partial charge is 0.303 e. The normalized spacial score (nSPS) is 18.9. The summed E-state index contributed by atoms with van der Waals surface area (Å²) in [6.45, 7) is 5.60. The summed E-state index contributed by atoms with van der Waals surface area (Å²) in [5.74, 6) is 1.78. The van der Waals surface area contributed by atoms with Crippen LogP contribution < -0.4 is 9.47 Å². The summed E-state index contributed by atoms with van der Waals surface area (Å²) < 4.78 is 11.8. The van der Waals surface area contributed by atoms with Crippen LogP contribution in [0.5, 0.6) is 11.5 Å². The fraction of sp³-hybridized carbons (Fsp3) is 0.611. The molecule has 1 aliphatic heterocycles. The predicted octanol–water partition coefficient (Wildman–Crippen LogP) is 3.94. The van der Waals surface area contributed by atoms with Crippen molar-refractivity contribution in [3.8, 4) is 11.5 Å². The number of benzene rings is 1. The minimum absolute atomic E-state index is 0.0899. The van der Waals surface area contributed by atoms with Crippen molar-refractivity contribution < 1.29 is 19.4 Å². The van der Waals surface area contributed by atoms with Crippen molar-refractivity contribution in [3.63, 3.8) is 0 Å². The highest BCUT2D eigenvalue weighted by molar-refractivity contribution is 5.69. The van der Waals surface area contributed by atoms with Gasteiger partial charge in [-0.1, -0.05) is 19.9 Å². The van der Waals surface area contributed by atoms with Crippen molar-refractivity contribution in [3.05, 3.63) is 23.3 Å². The molecule has 1 N–H and O–H groups in total. The van der Waals surface area contributed by atoms with Crippen LogP contribution in [0.25, 0.3) is 0 Å². The Hall–Kier alpha value is -1.71. The lowest BCUT2D eigenvalue weighted by atomic mass is 9.83. The third-order valence-corrected chi connectivity index (χ3v) is 4.55. The number of carbonyl (C=O) groups is 1. The number of ether oxygens (including phenoxy) is 2. The van der Waals surface area contributed by atoms with Crippen molar-refractivity contribution >= 4 is 5.97 Å². The largest absolute Gasteiger partial charge is 0.490 e. The van der Waals surface area contributed by atoms with Gasteiger partial charge in [-0.15, -0.1) is 0 Å². The molecule has 1 saturated carbocycles. The third kappa shape index (κ3) is 3.06. The Labute approximate surface area is 131 Å². The minimum Gasteiger partial charge on any atom is -0.490 e. The standard InChI is InChI=1S/C18H24O4/c1-11(2)17-13(14(10-16(19)20)12-4-5-12)6-7-15-18(17)22-9-3-8-21-15/h6-7,11-12,14H,3-5,8-10H2,1-2H3,(H,19,20). The molecular formula is C18H24O4. The third-order valence-electron chi connectivity index (χ3n) is 4.55. The minimum atomic E-state index is -0.723. The zero-order chi connectivity index (χ0) is 15.7. The second-order valence-corrected chi connectivity index (χ2v) is 6.64. The van der Waals surface area contributed by atoms with Gasteiger partial charge in [0.05, 0.1) is 19.6 Å². The summed E-state index contributed by atoms with van der Waals surface area (Å²) in [7, 11) is 0. The molecule has 22 heavy (non-hydrogen) atoms. The molecule has 0 saturated heterocycles. The Bertz CT molecular complexity index is 560. The quantitative estimate of drug-likeness (QED) is 0.895. The molecule has 1 fully saturated rings. The average Bonchev–Trinajstić information content (AvgIpc) is 3.29. The highest BCUT2D eigenvalue weighted by Gasteiger charge is 2.36. The monoisotopic (exact) mass is 304 g/mol. The second kappa shape index (κ2) is 6.19. The van der Waals surface area contributed by atoms with E-state index in [1.807, 2.05) is 6.07 Å². The molecule has 0 bridgehead atoms. The Morgan fingerprint density at radius 3 is 2.64 bits per heavy atom. The first-order valence-corrected chi connectivity index (χ1v) is 8.22. The summed E-state index contributed by atoms with van der Waals surface area (Å²) in [4.78, 5) is 11.3. The molecule has 1 aromatic rings. The molecular weight excluding hydrogens is 280 g/mol. The van der Waals surface area contributed by atoms with Crippen molar-refractivity contribution in [1.82, 2.24) is 0 Å². The van der Waals surface area contributed by atoms with Crippen molar-refractivity contribution in [1.29, 1.82) is 0 Å². The molecule has 0 aromatic heterocycles. The Kier molecular flexibility index (Phi) is 4.27. The molecule has 1 atom stereocenters.